The summed E-state index contributed by atoms with van der Waals surface area (Å²) >= 11 is 3.47. The predicted octanol–water partition coefficient (Wildman–Crippen LogP) is 3.21. The van der Waals surface area contributed by atoms with Gasteiger partial charge in [-0.25, -0.2) is 4.39 Å². The molecule has 104 valence electrons. The van der Waals surface area contributed by atoms with Gasteiger partial charge in [-0.3, -0.25) is 4.79 Å². The molecule has 2 atom stereocenters. The van der Waals surface area contributed by atoms with Gasteiger partial charge in [0.05, 0.1) is 5.56 Å². The normalized spacial score (nSPS) is 23.1. The van der Waals surface area contributed by atoms with E-state index in [2.05, 4.69) is 21.2 Å². The van der Waals surface area contributed by atoms with E-state index in [9.17, 15) is 14.3 Å². The van der Waals surface area contributed by atoms with Gasteiger partial charge < -0.3 is 10.4 Å². The smallest absolute Gasteiger partial charge is 0.255 e. The van der Waals surface area contributed by atoms with Crippen LogP contribution in [-0.2, 0) is 0 Å². The highest BCUT2D eigenvalue weighted by atomic mass is 79.9. The molecular formula is C14H17BrFNO2. The first-order chi connectivity index (χ1) is 9.11. The van der Waals surface area contributed by atoms with Crippen molar-refractivity contribution in [3.8, 4) is 5.75 Å². The largest absolute Gasteiger partial charge is 0.507 e. The number of halogens is 2. The molecule has 0 saturated heterocycles. The molecule has 1 fully saturated rings. The highest BCUT2D eigenvalue weighted by Crippen LogP contribution is 2.27. The SMILES string of the molecule is O=C(NC1CCCCC1CBr)c1ccc(F)cc1O. The number of phenolic OH excluding ortho intramolecular Hbond substituents is 1. The van der Waals surface area contributed by atoms with E-state index in [1.807, 2.05) is 0 Å². The van der Waals surface area contributed by atoms with E-state index in [1.165, 1.54) is 18.6 Å². The maximum atomic E-state index is 12.9. The van der Waals surface area contributed by atoms with Crippen LogP contribution < -0.4 is 5.32 Å². The van der Waals surface area contributed by atoms with E-state index in [4.69, 9.17) is 0 Å². The second-order valence-corrected chi connectivity index (χ2v) is 5.59. The first-order valence-electron chi connectivity index (χ1n) is 6.47. The molecule has 2 unspecified atom stereocenters. The van der Waals surface area contributed by atoms with Crippen LogP contribution in [-0.4, -0.2) is 22.4 Å². The summed E-state index contributed by atoms with van der Waals surface area (Å²) in [5.41, 5.74) is 0.125. The molecule has 3 nitrogen and oxygen atoms in total. The number of rotatable bonds is 3. The van der Waals surface area contributed by atoms with Gasteiger partial charge in [0.25, 0.3) is 5.91 Å². The molecular weight excluding hydrogens is 313 g/mol. The van der Waals surface area contributed by atoms with Crippen molar-refractivity contribution in [2.75, 3.05) is 5.33 Å². The van der Waals surface area contributed by atoms with Crippen molar-refractivity contribution in [3.63, 3.8) is 0 Å². The Morgan fingerprint density at radius 1 is 1.42 bits per heavy atom. The summed E-state index contributed by atoms with van der Waals surface area (Å²) in [5.74, 6) is -0.788. The molecule has 0 radical (unpaired) electrons. The molecule has 0 aromatic heterocycles. The molecule has 5 heteroatoms. The predicted molar refractivity (Wildman–Crippen MR) is 75.1 cm³/mol. The first-order valence-corrected chi connectivity index (χ1v) is 7.59. The van der Waals surface area contributed by atoms with Gasteiger partial charge >= 0.3 is 0 Å². The van der Waals surface area contributed by atoms with Gasteiger partial charge in [-0.05, 0) is 30.9 Å². The van der Waals surface area contributed by atoms with Crippen molar-refractivity contribution in [3.05, 3.63) is 29.6 Å². The Kier molecular flexibility index (Phi) is 4.80. The maximum Gasteiger partial charge on any atom is 0.255 e. The Hall–Kier alpha value is -1.10. The zero-order chi connectivity index (χ0) is 13.8. The van der Waals surface area contributed by atoms with Crippen molar-refractivity contribution < 1.29 is 14.3 Å². The Morgan fingerprint density at radius 2 is 2.16 bits per heavy atom. The van der Waals surface area contributed by atoms with Crippen LogP contribution in [0.15, 0.2) is 18.2 Å². The van der Waals surface area contributed by atoms with Crippen LogP contribution in [0.3, 0.4) is 0 Å². The monoisotopic (exact) mass is 329 g/mol. The highest BCUT2D eigenvalue weighted by molar-refractivity contribution is 9.09. The lowest BCUT2D eigenvalue weighted by Gasteiger charge is -2.31. The van der Waals surface area contributed by atoms with Crippen molar-refractivity contribution >= 4 is 21.8 Å². The molecule has 0 aliphatic heterocycles. The molecule has 0 spiro atoms. The lowest BCUT2D eigenvalue weighted by molar-refractivity contribution is 0.0909. The van der Waals surface area contributed by atoms with Crippen molar-refractivity contribution in [2.24, 2.45) is 5.92 Å². The number of carbonyl (C=O) groups excluding carboxylic acids is 1. The quantitative estimate of drug-likeness (QED) is 0.836. The van der Waals surface area contributed by atoms with Gasteiger partial charge in [0.2, 0.25) is 0 Å². The minimum Gasteiger partial charge on any atom is -0.507 e. The number of benzene rings is 1. The number of amides is 1. The van der Waals surface area contributed by atoms with Crippen LogP contribution >= 0.6 is 15.9 Å². The maximum absolute atomic E-state index is 12.9. The minimum absolute atomic E-state index is 0.116. The van der Waals surface area contributed by atoms with Gasteiger partial charge in [-0.2, -0.15) is 0 Å². The molecule has 1 aliphatic carbocycles. The van der Waals surface area contributed by atoms with Crippen LogP contribution in [0.4, 0.5) is 4.39 Å². The highest BCUT2D eigenvalue weighted by Gasteiger charge is 2.26. The second kappa shape index (κ2) is 6.37. The van der Waals surface area contributed by atoms with Crippen LogP contribution in [0.1, 0.15) is 36.0 Å². The molecule has 1 amide bonds. The van der Waals surface area contributed by atoms with Gasteiger partial charge in [0.15, 0.2) is 0 Å². The van der Waals surface area contributed by atoms with Gasteiger partial charge in [-0.15, -0.1) is 0 Å². The van der Waals surface area contributed by atoms with Crippen LogP contribution in [0, 0.1) is 11.7 Å². The molecule has 1 aromatic rings. The Morgan fingerprint density at radius 3 is 2.84 bits per heavy atom. The lowest BCUT2D eigenvalue weighted by atomic mass is 9.86. The van der Waals surface area contributed by atoms with Crippen molar-refractivity contribution in [1.29, 1.82) is 0 Å². The molecule has 0 heterocycles. The fraction of sp³-hybridized carbons (Fsp3) is 0.500. The Labute approximate surface area is 120 Å². The summed E-state index contributed by atoms with van der Waals surface area (Å²) < 4.78 is 12.9. The number of phenols is 1. The van der Waals surface area contributed by atoms with Crippen LogP contribution in [0.5, 0.6) is 5.75 Å². The summed E-state index contributed by atoms with van der Waals surface area (Å²) in [4.78, 5) is 12.1. The standard InChI is InChI=1S/C14H17BrFNO2/c15-8-9-3-1-2-4-12(9)17-14(19)11-6-5-10(16)7-13(11)18/h5-7,9,12,18H,1-4,8H2,(H,17,19). The van der Waals surface area contributed by atoms with E-state index in [0.717, 1.165) is 30.7 Å². The van der Waals surface area contributed by atoms with Gasteiger partial charge in [0, 0.05) is 17.4 Å². The zero-order valence-electron chi connectivity index (χ0n) is 10.5. The zero-order valence-corrected chi connectivity index (χ0v) is 12.1. The van der Waals surface area contributed by atoms with Crippen molar-refractivity contribution in [2.45, 2.75) is 31.7 Å². The van der Waals surface area contributed by atoms with Crippen molar-refractivity contribution in [1.82, 2.24) is 5.32 Å². The average molecular weight is 330 g/mol. The van der Waals surface area contributed by atoms with Crippen LogP contribution in [0.25, 0.3) is 0 Å². The molecule has 1 aromatic carbocycles. The van der Waals surface area contributed by atoms with Gasteiger partial charge in [-0.1, -0.05) is 28.8 Å². The topological polar surface area (TPSA) is 49.3 Å². The summed E-state index contributed by atoms with van der Waals surface area (Å²) in [7, 11) is 0. The summed E-state index contributed by atoms with van der Waals surface area (Å²) in [6, 6.07) is 3.56. The first kappa shape index (κ1) is 14.3. The molecule has 19 heavy (non-hydrogen) atoms. The second-order valence-electron chi connectivity index (χ2n) is 4.94. The summed E-state index contributed by atoms with van der Waals surface area (Å²) in [6.45, 7) is 0. The molecule has 2 N–H and O–H groups in total. The molecule has 1 aliphatic rings. The lowest BCUT2D eigenvalue weighted by Crippen LogP contribution is -2.42. The third kappa shape index (κ3) is 3.47. The number of hydrogen-bond donors (Lipinski definition) is 2. The number of alkyl halides is 1. The molecule has 1 saturated carbocycles. The van der Waals surface area contributed by atoms with E-state index in [0.29, 0.717) is 5.92 Å². The number of hydrogen-bond acceptors (Lipinski definition) is 2. The van der Waals surface area contributed by atoms with Gasteiger partial charge in [0.1, 0.15) is 11.6 Å². The minimum atomic E-state index is -0.551. The van der Waals surface area contributed by atoms with E-state index >= 15 is 0 Å². The van der Waals surface area contributed by atoms with Crippen LogP contribution in [0.2, 0.25) is 0 Å². The summed E-state index contributed by atoms with van der Waals surface area (Å²) in [5, 5.41) is 13.4. The molecule has 2 rings (SSSR count). The van der Waals surface area contributed by atoms with E-state index in [-0.39, 0.29) is 23.3 Å². The number of aromatic hydroxyl groups is 1. The van der Waals surface area contributed by atoms with E-state index in [1.54, 1.807) is 0 Å². The third-order valence-electron chi connectivity index (χ3n) is 3.63. The fourth-order valence-corrected chi connectivity index (χ4v) is 3.30. The Balaban J connectivity index is 2.07. The number of carbonyl (C=O) groups is 1. The average Bonchev–Trinajstić information content (AvgIpc) is 2.39. The molecule has 0 bridgehead atoms. The third-order valence-corrected chi connectivity index (χ3v) is 4.46. The number of nitrogens with one attached hydrogen (secondary N) is 1. The fourth-order valence-electron chi connectivity index (χ4n) is 2.53. The Bertz CT molecular complexity index is 467. The summed E-state index contributed by atoms with van der Waals surface area (Å²) in [6.07, 6.45) is 4.32. The van der Waals surface area contributed by atoms with E-state index < -0.39 is 5.82 Å².